The lowest BCUT2D eigenvalue weighted by molar-refractivity contribution is -0.156. The molecule has 0 amide bonds. The molecule has 0 aliphatic heterocycles. The van der Waals surface area contributed by atoms with E-state index < -0.39 is 12.1 Å². The Morgan fingerprint density at radius 1 is 1.13 bits per heavy atom. The summed E-state index contributed by atoms with van der Waals surface area (Å²) in [5.41, 5.74) is 1.84. The van der Waals surface area contributed by atoms with Gasteiger partial charge < -0.3 is 19.0 Å². The summed E-state index contributed by atoms with van der Waals surface area (Å²) in [6.45, 7) is 8.10. The van der Waals surface area contributed by atoms with E-state index in [-0.39, 0.29) is 0 Å². The molecule has 0 heterocycles. The minimum absolute atomic E-state index is 0.297. The molecule has 6 nitrogen and oxygen atoms in total. The van der Waals surface area contributed by atoms with Crippen LogP contribution in [0.5, 0.6) is 17.2 Å². The topological polar surface area (TPSA) is 66.4 Å². The highest BCUT2D eigenvalue weighted by atomic mass is 79.9. The molecular weight excluding hydrogens is 530 g/mol. The number of benzene rings is 2. The number of methoxy groups -OCH3 is 1. The second-order valence-corrected chi connectivity index (χ2v) is 8.67. The summed E-state index contributed by atoms with van der Waals surface area (Å²) in [7, 11) is 1.66. The number of oxime groups is 1. The number of ether oxygens (including phenoxy) is 3. The number of carbonyl (C=O) groups excluding carboxylic acids is 1. The summed E-state index contributed by atoms with van der Waals surface area (Å²) in [5, 5.41) is 3.94. The molecule has 0 N–H and O–H groups in total. The lowest BCUT2D eigenvalue weighted by Crippen LogP contribution is -2.24. The molecule has 0 fully saturated rings. The molecule has 2 aromatic rings. The number of esters is 1. The molecule has 168 valence electrons. The Morgan fingerprint density at radius 3 is 2.35 bits per heavy atom. The Kier molecular flexibility index (Phi) is 9.84. The third-order valence-electron chi connectivity index (χ3n) is 4.37. The highest BCUT2D eigenvalue weighted by molar-refractivity contribution is 9.11. The number of halogens is 2. The summed E-state index contributed by atoms with van der Waals surface area (Å²) in [6, 6.07) is 9.45. The van der Waals surface area contributed by atoms with Crippen LogP contribution < -0.4 is 9.47 Å². The van der Waals surface area contributed by atoms with Crippen LogP contribution in [-0.2, 0) is 14.4 Å². The molecular formula is C23H27Br2NO5. The van der Waals surface area contributed by atoms with Crippen molar-refractivity contribution in [2.24, 2.45) is 5.16 Å². The second-order valence-electron chi connectivity index (χ2n) is 6.96. The molecule has 0 bridgehead atoms. The predicted octanol–water partition coefficient (Wildman–Crippen LogP) is 6.83. The molecule has 1 unspecified atom stereocenters. The zero-order valence-electron chi connectivity index (χ0n) is 18.3. The Hall–Kier alpha value is -2.06. The van der Waals surface area contributed by atoms with E-state index in [1.165, 1.54) is 6.21 Å². The van der Waals surface area contributed by atoms with Gasteiger partial charge in [0.1, 0.15) is 11.5 Å². The number of hydrogen-bond donors (Lipinski definition) is 0. The van der Waals surface area contributed by atoms with Crippen molar-refractivity contribution in [3.8, 4) is 17.2 Å². The van der Waals surface area contributed by atoms with E-state index in [2.05, 4.69) is 50.9 Å². The van der Waals surface area contributed by atoms with Crippen molar-refractivity contribution in [2.75, 3.05) is 13.7 Å². The van der Waals surface area contributed by atoms with Crippen LogP contribution in [0.25, 0.3) is 0 Å². The van der Waals surface area contributed by atoms with Gasteiger partial charge in [-0.05, 0) is 87.0 Å². The smallest absolute Gasteiger partial charge is 0.350 e. The van der Waals surface area contributed by atoms with Crippen molar-refractivity contribution in [1.29, 1.82) is 0 Å². The van der Waals surface area contributed by atoms with Crippen LogP contribution in [0.1, 0.15) is 51.2 Å². The summed E-state index contributed by atoms with van der Waals surface area (Å²) >= 11 is 7.11. The molecule has 0 aromatic heterocycles. The summed E-state index contributed by atoms with van der Waals surface area (Å²) in [4.78, 5) is 17.1. The Labute approximate surface area is 200 Å². The fourth-order valence-corrected chi connectivity index (χ4v) is 4.16. The van der Waals surface area contributed by atoms with E-state index in [4.69, 9.17) is 19.0 Å². The van der Waals surface area contributed by atoms with Gasteiger partial charge >= 0.3 is 5.97 Å². The molecule has 8 heteroatoms. The van der Waals surface area contributed by atoms with Gasteiger partial charge in [0.25, 0.3) is 0 Å². The third kappa shape index (κ3) is 6.97. The SMILES string of the molecule is CCOC(=O)C(CC)O/N=C/c1cc(Br)c(Oc2ccc(OC)c(C(C)C)c2)c(Br)c1. The lowest BCUT2D eigenvalue weighted by atomic mass is 10.0. The van der Waals surface area contributed by atoms with E-state index in [9.17, 15) is 4.79 Å². The maximum Gasteiger partial charge on any atom is 0.350 e. The van der Waals surface area contributed by atoms with Crippen molar-refractivity contribution in [3.63, 3.8) is 0 Å². The average molecular weight is 557 g/mol. The van der Waals surface area contributed by atoms with E-state index in [1.54, 1.807) is 14.0 Å². The Bertz CT molecular complexity index is 907. The van der Waals surface area contributed by atoms with Crippen LogP contribution in [-0.4, -0.2) is 32.0 Å². The quantitative estimate of drug-likeness (QED) is 0.182. The van der Waals surface area contributed by atoms with Gasteiger partial charge in [-0.2, -0.15) is 0 Å². The van der Waals surface area contributed by atoms with E-state index in [0.717, 1.165) is 25.8 Å². The largest absolute Gasteiger partial charge is 0.496 e. The van der Waals surface area contributed by atoms with E-state index >= 15 is 0 Å². The van der Waals surface area contributed by atoms with Crippen LogP contribution in [0.4, 0.5) is 0 Å². The first-order valence-electron chi connectivity index (χ1n) is 10.0. The van der Waals surface area contributed by atoms with Crippen molar-refractivity contribution >= 4 is 44.0 Å². The van der Waals surface area contributed by atoms with Gasteiger partial charge in [0.2, 0.25) is 6.10 Å². The lowest BCUT2D eigenvalue weighted by Gasteiger charge is -2.15. The molecule has 0 spiro atoms. The Morgan fingerprint density at radius 2 is 1.81 bits per heavy atom. The van der Waals surface area contributed by atoms with E-state index in [0.29, 0.717) is 30.4 Å². The van der Waals surface area contributed by atoms with Crippen molar-refractivity contribution in [2.45, 2.75) is 46.1 Å². The molecule has 2 aromatic carbocycles. The number of hydrogen-bond acceptors (Lipinski definition) is 6. The average Bonchev–Trinajstić information content (AvgIpc) is 2.73. The van der Waals surface area contributed by atoms with Gasteiger partial charge in [0.15, 0.2) is 5.75 Å². The molecule has 0 saturated carbocycles. The molecule has 0 aliphatic rings. The molecule has 0 radical (unpaired) electrons. The fourth-order valence-electron chi connectivity index (χ4n) is 2.78. The van der Waals surface area contributed by atoms with Crippen molar-refractivity contribution in [1.82, 2.24) is 0 Å². The number of carbonyl (C=O) groups is 1. The maximum atomic E-state index is 11.8. The van der Waals surface area contributed by atoms with Gasteiger partial charge in [-0.15, -0.1) is 0 Å². The first-order valence-corrected chi connectivity index (χ1v) is 11.6. The zero-order valence-corrected chi connectivity index (χ0v) is 21.4. The second kappa shape index (κ2) is 12.1. The minimum atomic E-state index is -0.726. The van der Waals surface area contributed by atoms with Crippen LogP contribution in [0.15, 0.2) is 44.4 Å². The minimum Gasteiger partial charge on any atom is -0.496 e. The normalized spacial score (nSPS) is 12.1. The molecule has 0 aliphatic carbocycles. The summed E-state index contributed by atoms with van der Waals surface area (Å²) in [5.74, 6) is 2.05. The number of rotatable bonds is 10. The van der Waals surface area contributed by atoms with E-state index in [1.807, 2.05) is 37.3 Å². The third-order valence-corrected chi connectivity index (χ3v) is 5.55. The van der Waals surface area contributed by atoms with Crippen LogP contribution >= 0.6 is 31.9 Å². The Balaban J connectivity index is 2.17. The van der Waals surface area contributed by atoms with Crippen LogP contribution in [0.2, 0.25) is 0 Å². The number of nitrogens with zero attached hydrogens (tertiary/aromatic N) is 1. The van der Waals surface area contributed by atoms with Gasteiger partial charge in [0, 0.05) is 5.56 Å². The maximum absolute atomic E-state index is 11.8. The van der Waals surface area contributed by atoms with Gasteiger partial charge in [-0.1, -0.05) is 25.9 Å². The summed E-state index contributed by atoms with van der Waals surface area (Å²) in [6.07, 6.45) is 1.28. The molecule has 1 atom stereocenters. The highest BCUT2D eigenvalue weighted by Gasteiger charge is 2.19. The zero-order chi connectivity index (χ0) is 23.0. The van der Waals surface area contributed by atoms with Crippen molar-refractivity contribution < 1.29 is 23.8 Å². The predicted molar refractivity (Wildman–Crippen MR) is 128 cm³/mol. The van der Waals surface area contributed by atoms with Crippen LogP contribution in [0.3, 0.4) is 0 Å². The van der Waals surface area contributed by atoms with Crippen molar-refractivity contribution in [3.05, 3.63) is 50.4 Å². The van der Waals surface area contributed by atoms with Gasteiger partial charge in [-0.25, -0.2) is 4.79 Å². The molecule has 31 heavy (non-hydrogen) atoms. The first kappa shape index (κ1) is 25.2. The molecule has 0 saturated heterocycles. The fraction of sp³-hybridized carbons (Fsp3) is 0.391. The standard InChI is InChI=1S/C23H27Br2NO5/c1-6-20(23(27)29-7-2)31-26-13-15-10-18(24)22(19(25)11-15)30-16-8-9-21(28-5)17(12-16)14(3)4/h8-14,20H,6-7H2,1-5H3/b26-13+. The first-order chi connectivity index (χ1) is 14.8. The highest BCUT2D eigenvalue weighted by Crippen LogP contribution is 2.39. The monoisotopic (exact) mass is 555 g/mol. The van der Waals surface area contributed by atoms with Crippen LogP contribution in [0, 0.1) is 0 Å². The van der Waals surface area contributed by atoms with Gasteiger partial charge in [0.05, 0.1) is 28.9 Å². The van der Waals surface area contributed by atoms with Gasteiger partial charge in [-0.3, -0.25) is 0 Å². The molecule has 2 rings (SSSR count). The summed E-state index contributed by atoms with van der Waals surface area (Å²) < 4.78 is 18.0.